The molecule has 0 aromatic rings. The van der Waals surface area contributed by atoms with E-state index in [2.05, 4.69) is 137 Å². The van der Waals surface area contributed by atoms with Gasteiger partial charge in [0, 0.05) is 6.42 Å². The van der Waals surface area contributed by atoms with Gasteiger partial charge in [0.05, 0.1) is 19.8 Å². The SMILES string of the molecule is CCCCCC(=O)NC(CO[Si](C(C)C)(C(C)C)C(C)C)(CO[Si](C(C)C)(C(C)C)C(C)C)CO[Si](C(C)C)(C(C)C)C(C)C. The largest absolute Gasteiger partial charge is 0.413 e. The van der Waals surface area contributed by atoms with Crippen molar-refractivity contribution in [2.75, 3.05) is 19.8 Å². The molecule has 0 aliphatic carbocycles. The van der Waals surface area contributed by atoms with E-state index in [-0.39, 0.29) is 5.91 Å². The lowest BCUT2D eigenvalue weighted by atomic mass is 10.0. The van der Waals surface area contributed by atoms with Crippen molar-refractivity contribution in [3.63, 3.8) is 0 Å². The average Bonchev–Trinajstić information content (AvgIpc) is 2.87. The van der Waals surface area contributed by atoms with Crippen molar-refractivity contribution in [3.05, 3.63) is 0 Å². The van der Waals surface area contributed by atoms with Crippen LogP contribution in [0.25, 0.3) is 0 Å². The Morgan fingerprint density at radius 3 is 0.933 bits per heavy atom. The van der Waals surface area contributed by atoms with Crippen LogP contribution in [0.4, 0.5) is 0 Å². The molecule has 0 fully saturated rings. The number of unbranched alkanes of at least 4 members (excludes halogenated alkanes) is 2. The van der Waals surface area contributed by atoms with Crippen LogP contribution >= 0.6 is 0 Å². The zero-order valence-corrected chi connectivity index (χ0v) is 36.8. The highest BCUT2D eigenvalue weighted by atomic mass is 28.4. The van der Waals surface area contributed by atoms with E-state index in [4.69, 9.17) is 13.3 Å². The fourth-order valence-electron chi connectivity index (χ4n) is 9.42. The lowest BCUT2D eigenvalue weighted by molar-refractivity contribution is -0.125. The summed E-state index contributed by atoms with van der Waals surface area (Å²) < 4.78 is 22.2. The van der Waals surface area contributed by atoms with Crippen LogP contribution in [0, 0.1) is 0 Å². The van der Waals surface area contributed by atoms with Crippen molar-refractivity contribution in [1.82, 2.24) is 5.32 Å². The normalized spacial score (nSPS) is 14.2. The lowest BCUT2D eigenvalue weighted by Crippen LogP contribution is -2.65. The Morgan fingerprint density at radius 1 is 0.489 bits per heavy atom. The van der Waals surface area contributed by atoms with Gasteiger partial charge in [0.25, 0.3) is 0 Å². The van der Waals surface area contributed by atoms with Gasteiger partial charge in [0.1, 0.15) is 5.54 Å². The van der Waals surface area contributed by atoms with Crippen LogP contribution < -0.4 is 5.32 Å². The summed E-state index contributed by atoms with van der Waals surface area (Å²) in [5.74, 6) is 0.0990. The first-order chi connectivity index (χ1) is 20.6. The van der Waals surface area contributed by atoms with Gasteiger partial charge in [-0.3, -0.25) is 4.79 Å². The summed E-state index contributed by atoms with van der Waals surface area (Å²) in [5, 5.41) is 3.61. The van der Waals surface area contributed by atoms with E-state index in [0.717, 1.165) is 19.3 Å². The van der Waals surface area contributed by atoms with Crippen LogP contribution in [0.5, 0.6) is 0 Å². The third-order valence-corrected chi connectivity index (χ3v) is 29.5. The van der Waals surface area contributed by atoms with Crippen LogP contribution in [0.3, 0.4) is 0 Å². The number of hydrogen-bond acceptors (Lipinski definition) is 4. The molecule has 0 aromatic heterocycles. The minimum Gasteiger partial charge on any atom is -0.413 e. The van der Waals surface area contributed by atoms with Gasteiger partial charge >= 0.3 is 0 Å². The zero-order valence-electron chi connectivity index (χ0n) is 33.8. The van der Waals surface area contributed by atoms with Gasteiger partial charge in [-0.1, -0.05) is 144 Å². The summed E-state index contributed by atoms with van der Waals surface area (Å²) >= 11 is 0. The Labute approximate surface area is 285 Å². The van der Waals surface area contributed by atoms with Crippen molar-refractivity contribution in [2.45, 2.75) is 213 Å². The van der Waals surface area contributed by atoms with E-state index in [1.54, 1.807) is 0 Å². The Kier molecular flexibility index (Phi) is 19.3. The molecule has 0 radical (unpaired) electrons. The summed E-state index contributed by atoms with van der Waals surface area (Å²) in [6.45, 7) is 45.6. The van der Waals surface area contributed by atoms with Crippen LogP contribution in [0.1, 0.15) is 157 Å². The molecule has 5 nitrogen and oxygen atoms in total. The summed E-state index contributed by atoms with van der Waals surface area (Å²) in [4.78, 5) is 13.9. The molecule has 1 N–H and O–H groups in total. The molecule has 0 aliphatic rings. The minimum atomic E-state index is -2.24. The van der Waals surface area contributed by atoms with E-state index in [0.29, 0.717) is 76.1 Å². The number of rotatable bonds is 23. The molecule has 0 spiro atoms. The second kappa shape index (κ2) is 19.3. The predicted octanol–water partition coefficient (Wildman–Crippen LogP) is 12.0. The number of carbonyl (C=O) groups is 1. The topological polar surface area (TPSA) is 56.8 Å². The quantitative estimate of drug-likeness (QED) is 0.0858. The fourth-order valence-corrected chi connectivity index (χ4v) is 26.0. The highest BCUT2D eigenvalue weighted by molar-refractivity contribution is 6.78. The molecule has 1 amide bonds. The van der Waals surface area contributed by atoms with Crippen molar-refractivity contribution in [1.29, 1.82) is 0 Å². The van der Waals surface area contributed by atoms with E-state index < -0.39 is 30.5 Å². The fraction of sp³-hybridized carbons (Fsp3) is 0.973. The van der Waals surface area contributed by atoms with Crippen molar-refractivity contribution in [2.24, 2.45) is 0 Å². The maximum absolute atomic E-state index is 13.9. The molecule has 0 aromatic carbocycles. The standard InChI is InChI=1S/C37H81NO4Si3/c1-20-21-22-23-36(39)38-37(24-40-43(27(2)3,28(4)5)29(6)7,25-41-44(30(8)9,31(10)11)32(12)13)26-42-45(33(14)15,34(16)17)35(18)19/h27-35H,20-26H2,1-19H3,(H,38,39). The Morgan fingerprint density at radius 2 is 0.733 bits per heavy atom. The van der Waals surface area contributed by atoms with Gasteiger partial charge in [0.2, 0.25) is 5.91 Å². The van der Waals surface area contributed by atoms with Gasteiger partial charge in [-0.25, -0.2) is 0 Å². The van der Waals surface area contributed by atoms with Crippen molar-refractivity contribution >= 4 is 30.9 Å². The molecule has 0 aliphatic heterocycles. The number of nitrogens with one attached hydrogen (secondary N) is 1. The monoisotopic (exact) mass is 688 g/mol. The number of amides is 1. The van der Waals surface area contributed by atoms with Crippen LogP contribution in [-0.2, 0) is 18.1 Å². The van der Waals surface area contributed by atoms with E-state index in [1.807, 2.05) is 0 Å². The summed E-state index contributed by atoms with van der Waals surface area (Å²) in [6, 6.07) is 0. The maximum atomic E-state index is 13.9. The smallest absolute Gasteiger partial charge is 0.220 e. The summed E-state index contributed by atoms with van der Waals surface area (Å²) in [7, 11) is -6.72. The Bertz CT molecular complexity index is 686. The summed E-state index contributed by atoms with van der Waals surface area (Å²) in [6.07, 6.45) is 3.58. The summed E-state index contributed by atoms with van der Waals surface area (Å²) in [5.41, 5.74) is 3.27. The van der Waals surface area contributed by atoms with Gasteiger partial charge in [-0.05, 0) is 56.3 Å². The molecule has 0 saturated heterocycles. The van der Waals surface area contributed by atoms with Crippen molar-refractivity contribution < 1.29 is 18.1 Å². The second-order valence-electron chi connectivity index (χ2n) is 17.1. The molecular weight excluding hydrogens is 607 g/mol. The molecule has 0 rings (SSSR count). The van der Waals surface area contributed by atoms with Gasteiger partial charge in [-0.15, -0.1) is 0 Å². The van der Waals surface area contributed by atoms with Crippen molar-refractivity contribution in [3.8, 4) is 0 Å². The highest BCUT2D eigenvalue weighted by Gasteiger charge is 2.52. The van der Waals surface area contributed by atoms with Crippen LogP contribution in [0.2, 0.25) is 49.9 Å². The predicted molar refractivity (Wildman–Crippen MR) is 206 cm³/mol. The lowest BCUT2D eigenvalue weighted by Gasteiger charge is -2.50. The zero-order chi connectivity index (χ0) is 35.6. The van der Waals surface area contributed by atoms with Gasteiger partial charge in [0.15, 0.2) is 25.0 Å². The third kappa shape index (κ3) is 10.7. The molecule has 270 valence electrons. The average molecular weight is 688 g/mol. The molecule has 0 heterocycles. The number of hydrogen-bond donors (Lipinski definition) is 1. The third-order valence-electron chi connectivity index (χ3n) is 11.3. The Balaban J connectivity index is 7.35. The van der Waals surface area contributed by atoms with E-state index in [9.17, 15) is 4.79 Å². The molecule has 0 bridgehead atoms. The molecule has 8 heteroatoms. The maximum Gasteiger partial charge on any atom is 0.220 e. The number of carbonyl (C=O) groups excluding carboxylic acids is 1. The van der Waals surface area contributed by atoms with E-state index >= 15 is 0 Å². The first-order valence-corrected chi connectivity index (χ1v) is 25.2. The van der Waals surface area contributed by atoms with E-state index in [1.165, 1.54) is 0 Å². The van der Waals surface area contributed by atoms with Crippen LogP contribution in [0.15, 0.2) is 0 Å². The van der Waals surface area contributed by atoms with Gasteiger partial charge in [-0.2, -0.15) is 0 Å². The minimum absolute atomic E-state index is 0.0990. The van der Waals surface area contributed by atoms with Gasteiger partial charge < -0.3 is 18.6 Å². The molecule has 0 atom stereocenters. The first-order valence-electron chi connectivity index (χ1n) is 18.8. The Hall–Kier alpha value is 0.000649. The first kappa shape index (κ1) is 45.0. The highest BCUT2D eigenvalue weighted by Crippen LogP contribution is 2.46. The van der Waals surface area contributed by atoms with Crippen LogP contribution in [-0.4, -0.2) is 56.2 Å². The molecular formula is C37H81NO4Si3. The second-order valence-corrected chi connectivity index (χ2v) is 33.5. The molecule has 45 heavy (non-hydrogen) atoms. The molecule has 0 saturated carbocycles. The molecule has 0 unspecified atom stereocenters.